The number of imidazole rings is 1. The highest BCUT2D eigenvalue weighted by Gasteiger charge is 2.20. The molecule has 2 rings (SSSR count). The molecular formula is C14H21N3. The number of hydrogen-bond donors (Lipinski definition) is 1. The van der Waals surface area contributed by atoms with Gasteiger partial charge in [-0.05, 0) is 40.0 Å². The molecule has 0 bridgehead atoms. The first-order valence-corrected chi connectivity index (χ1v) is 6.15. The SMILES string of the molecule is CNCCc1nc2ccccc2n1C(C)(C)C. The summed E-state index contributed by atoms with van der Waals surface area (Å²) in [6.45, 7) is 7.64. The van der Waals surface area contributed by atoms with E-state index in [0.717, 1.165) is 24.3 Å². The third-order valence-corrected chi connectivity index (χ3v) is 2.90. The van der Waals surface area contributed by atoms with Crippen LogP contribution in [0.5, 0.6) is 0 Å². The molecule has 3 heteroatoms. The number of aromatic nitrogens is 2. The zero-order valence-corrected chi connectivity index (χ0v) is 11.1. The molecule has 0 atom stereocenters. The summed E-state index contributed by atoms with van der Waals surface area (Å²) in [5, 5.41) is 3.19. The Morgan fingerprint density at radius 1 is 1.24 bits per heavy atom. The van der Waals surface area contributed by atoms with Gasteiger partial charge in [0.05, 0.1) is 11.0 Å². The van der Waals surface area contributed by atoms with Crippen LogP contribution in [0.1, 0.15) is 26.6 Å². The van der Waals surface area contributed by atoms with Crippen LogP contribution < -0.4 is 5.32 Å². The van der Waals surface area contributed by atoms with E-state index < -0.39 is 0 Å². The molecule has 1 aromatic heterocycles. The maximum absolute atomic E-state index is 4.74. The van der Waals surface area contributed by atoms with Gasteiger partial charge in [0.25, 0.3) is 0 Å². The second-order valence-corrected chi connectivity index (χ2v) is 5.38. The molecule has 0 saturated heterocycles. The average Bonchev–Trinajstić information content (AvgIpc) is 2.63. The van der Waals surface area contributed by atoms with Crippen molar-refractivity contribution in [1.29, 1.82) is 0 Å². The molecular weight excluding hydrogens is 210 g/mol. The first-order valence-electron chi connectivity index (χ1n) is 6.15. The third kappa shape index (κ3) is 2.34. The minimum Gasteiger partial charge on any atom is -0.323 e. The summed E-state index contributed by atoms with van der Waals surface area (Å²) in [6, 6.07) is 8.36. The molecule has 0 spiro atoms. The van der Waals surface area contributed by atoms with Crippen molar-refractivity contribution in [3.63, 3.8) is 0 Å². The Labute approximate surface area is 103 Å². The zero-order chi connectivity index (χ0) is 12.5. The Hall–Kier alpha value is -1.35. The van der Waals surface area contributed by atoms with E-state index in [1.54, 1.807) is 0 Å². The number of nitrogens with one attached hydrogen (secondary N) is 1. The van der Waals surface area contributed by atoms with Gasteiger partial charge in [-0.2, -0.15) is 0 Å². The summed E-state index contributed by atoms with van der Waals surface area (Å²) in [6.07, 6.45) is 0.961. The van der Waals surface area contributed by atoms with E-state index in [4.69, 9.17) is 4.98 Å². The first kappa shape index (κ1) is 12.1. The van der Waals surface area contributed by atoms with Gasteiger partial charge in [0, 0.05) is 18.5 Å². The minimum atomic E-state index is 0.0686. The largest absolute Gasteiger partial charge is 0.323 e. The number of benzene rings is 1. The highest BCUT2D eigenvalue weighted by molar-refractivity contribution is 5.76. The molecule has 0 fully saturated rings. The molecule has 1 heterocycles. The van der Waals surface area contributed by atoms with Gasteiger partial charge < -0.3 is 9.88 Å². The lowest BCUT2D eigenvalue weighted by Crippen LogP contribution is -2.25. The van der Waals surface area contributed by atoms with Crippen molar-refractivity contribution in [3.8, 4) is 0 Å². The Morgan fingerprint density at radius 2 is 1.94 bits per heavy atom. The topological polar surface area (TPSA) is 29.9 Å². The van der Waals surface area contributed by atoms with Crippen LogP contribution in [0.2, 0.25) is 0 Å². The lowest BCUT2D eigenvalue weighted by atomic mass is 10.1. The summed E-state index contributed by atoms with van der Waals surface area (Å²) in [5.41, 5.74) is 2.39. The number of rotatable bonds is 3. The van der Waals surface area contributed by atoms with E-state index in [1.807, 2.05) is 13.1 Å². The van der Waals surface area contributed by atoms with Gasteiger partial charge in [0.15, 0.2) is 0 Å². The monoisotopic (exact) mass is 231 g/mol. The van der Waals surface area contributed by atoms with Crippen molar-refractivity contribution >= 4 is 11.0 Å². The van der Waals surface area contributed by atoms with Crippen LogP contribution in [0.3, 0.4) is 0 Å². The molecule has 0 amide bonds. The van der Waals surface area contributed by atoms with Crippen LogP contribution in [-0.4, -0.2) is 23.1 Å². The third-order valence-electron chi connectivity index (χ3n) is 2.90. The molecule has 0 unspecified atom stereocenters. The van der Waals surface area contributed by atoms with Crippen LogP contribution in [0.4, 0.5) is 0 Å². The summed E-state index contributed by atoms with van der Waals surface area (Å²) < 4.78 is 2.35. The fourth-order valence-electron chi connectivity index (χ4n) is 2.23. The van der Waals surface area contributed by atoms with Gasteiger partial charge >= 0.3 is 0 Å². The first-order chi connectivity index (χ1) is 8.04. The Kier molecular flexibility index (Phi) is 3.20. The van der Waals surface area contributed by atoms with Crippen LogP contribution in [0.25, 0.3) is 11.0 Å². The maximum Gasteiger partial charge on any atom is 0.111 e. The Morgan fingerprint density at radius 3 is 2.59 bits per heavy atom. The highest BCUT2D eigenvalue weighted by atomic mass is 15.1. The fraction of sp³-hybridized carbons (Fsp3) is 0.500. The summed E-state index contributed by atoms with van der Waals surface area (Å²) in [4.78, 5) is 4.74. The van der Waals surface area contributed by atoms with Crippen molar-refractivity contribution in [2.45, 2.75) is 32.7 Å². The minimum absolute atomic E-state index is 0.0686. The van der Waals surface area contributed by atoms with Crippen molar-refractivity contribution in [2.75, 3.05) is 13.6 Å². The Bertz CT molecular complexity index is 506. The molecule has 92 valence electrons. The highest BCUT2D eigenvalue weighted by Crippen LogP contribution is 2.25. The Balaban J connectivity index is 2.57. The smallest absolute Gasteiger partial charge is 0.111 e. The summed E-state index contributed by atoms with van der Waals surface area (Å²) in [5.74, 6) is 1.16. The van der Waals surface area contributed by atoms with Gasteiger partial charge in [0.1, 0.15) is 5.82 Å². The van der Waals surface area contributed by atoms with Gasteiger partial charge in [0.2, 0.25) is 0 Å². The predicted octanol–water partition coefficient (Wildman–Crippen LogP) is 2.55. The molecule has 17 heavy (non-hydrogen) atoms. The zero-order valence-electron chi connectivity index (χ0n) is 11.1. The van der Waals surface area contributed by atoms with Crippen molar-refractivity contribution in [2.24, 2.45) is 0 Å². The number of hydrogen-bond acceptors (Lipinski definition) is 2. The van der Waals surface area contributed by atoms with Crippen LogP contribution in [0.15, 0.2) is 24.3 Å². The molecule has 1 N–H and O–H groups in total. The lowest BCUT2D eigenvalue weighted by Gasteiger charge is -2.24. The van der Waals surface area contributed by atoms with Crippen molar-refractivity contribution in [1.82, 2.24) is 14.9 Å². The lowest BCUT2D eigenvalue weighted by molar-refractivity contribution is 0.393. The van der Waals surface area contributed by atoms with Crippen LogP contribution in [-0.2, 0) is 12.0 Å². The van der Waals surface area contributed by atoms with E-state index >= 15 is 0 Å². The molecule has 0 aliphatic heterocycles. The van der Waals surface area contributed by atoms with E-state index in [2.05, 4.69) is 48.9 Å². The van der Waals surface area contributed by atoms with E-state index in [-0.39, 0.29) is 5.54 Å². The molecule has 0 radical (unpaired) electrons. The second kappa shape index (κ2) is 4.49. The van der Waals surface area contributed by atoms with E-state index in [0.29, 0.717) is 0 Å². The van der Waals surface area contributed by atoms with Gasteiger partial charge in [-0.1, -0.05) is 12.1 Å². The van der Waals surface area contributed by atoms with Gasteiger partial charge in [-0.25, -0.2) is 4.98 Å². The maximum atomic E-state index is 4.74. The standard InChI is InChI=1S/C14H21N3/c1-14(2,3)17-12-8-6-5-7-11(12)16-13(17)9-10-15-4/h5-8,15H,9-10H2,1-4H3. The quantitative estimate of drug-likeness (QED) is 0.879. The molecule has 0 aliphatic rings. The van der Waals surface area contributed by atoms with Crippen molar-refractivity contribution in [3.05, 3.63) is 30.1 Å². The molecule has 1 aromatic carbocycles. The second-order valence-electron chi connectivity index (χ2n) is 5.38. The normalized spacial score (nSPS) is 12.2. The molecule has 2 aromatic rings. The number of nitrogens with zero attached hydrogens (tertiary/aromatic N) is 2. The predicted molar refractivity (Wildman–Crippen MR) is 72.4 cm³/mol. The molecule has 0 aliphatic carbocycles. The van der Waals surface area contributed by atoms with E-state index in [1.165, 1.54) is 5.52 Å². The average molecular weight is 231 g/mol. The van der Waals surface area contributed by atoms with Crippen LogP contribution >= 0.6 is 0 Å². The summed E-state index contributed by atoms with van der Waals surface area (Å²) >= 11 is 0. The van der Waals surface area contributed by atoms with Crippen LogP contribution in [0, 0.1) is 0 Å². The van der Waals surface area contributed by atoms with Gasteiger partial charge in [-0.15, -0.1) is 0 Å². The number of para-hydroxylation sites is 2. The number of fused-ring (bicyclic) bond motifs is 1. The van der Waals surface area contributed by atoms with E-state index in [9.17, 15) is 0 Å². The molecule has 0 saturated carbocycles. The molecule has 3 nitrogen and oxygen atoms in total. The van der Waals surface area contributed by atoms with Crippen molar-refractivity contribution < 1.29 is 0 Å². The van der Waals surface area contributed by atoms with Gasteiger partial charge in [-0.3, -0.25) is 0 Å². The number of likely N-dealkylation sites (N-methyl/N-ethyl adjacent to an activating group) is 1. The summed E-state index contributed by atoms with van der Waals surface area (Å²) in [7, 11) is 1.98. The fourth-order valence-corrected chi connectivity index (χ4v) is 2.23.